The summed E-state index contributed by atoms with van der Waals surface area (Å²) in [6, 6.07) is 18.0. The number of nitrogens with zero attached hydrogens (tertiary/aromatic N) is 2. The van der Waals surface area contributed by atoms with Gasteiger partial charge in [-0.1, -0.05) is 18.2 Å². The molecule has 1 aromatic heterocycles. The molecule has 0 spiro atoms. The normalized spacial score (nSPS) is 10.7. The third kappa shape index (κ3) is 3.37. The van der Waals surface area contributed by atoms with Gasteiger partial charge in [0.15, 0.2) is 0 Å². The number of hydrogen-bond acceptors (Lipinski definition) is 2. The van der Waals surface area contributed by atoms with E-state index in [2.05, 4.69) is 34.3 Å². The Morgan fingerprint density at radius 2 is 1.78 bits per heavy atom. The van der Waals surface area contributed by atoms with Crippen LogP contribution in [0.3, 0.4) is 0 Å². The SMILES string of the molecule is CN(C)c1ccc(C(=O)NCCn2ccc3ccccc32)cc1. The topological polar surface area (TPSA) is 37.3 Å². The largest absolute Gasteiger partial charge is 0.378 e. The van der Waals surface area contributed by atoms with Crippen molar-refractivity contribution < 1.29 is 4.79 Å². The molecule has 0 saturated heterocycles. The average Bonchev–Trinajstić information content (AvgIpc) is 2.98. The third-order valence-electron chi connectivity index (χ3n) is 3.96. The number of benzene rings is 2. The number of aromatic nitrogens is 1. The van der Waals surface area contributed by atoms with Gasteiger partial charge < -0.3 is 14.8 Å². The number of rotatable bonds is 5. The van der Waals surface area contributed by atoms with Crippen molar-refractivity contribution in [3.63, 3.8) is 0 Å². The molecule has 0 fully saturated rings. The zero-order chi connectivity index (χ0) is 16.2. The van der Waals surface area contributed by atoms with Crippen molar-refractivity contribution in [1.29, 1.82) is 0 Å². The number of fused-ring (bicyclic) bond motifs is 1. The summed E-state index contributed by atoms with van der Waals surface area (Å²) in [6.07, 6.45) is 2.06. The predicted octanol–water partition coefficient (Wildman–Crippen LogP) is 3.14. The van der Waals surface area contributed by atoms with Crippen LogP contribution in [0.4, 0.5) is 5.69 Å². The van der Waals surface area contributed by atoms with E-state index in [4.69, 9.17) is 0 Å². The molecule has 1 heterocycles. The molecule has 3 rings (SSSR count). The lowest BCUT2D eigenvalue weighted by Gasteiger charge is -2.13. The van der Waals surface area contributed by atoms with Gasteiger partial charge in [0, 0.05) is 50.1 Å². The maximum atomic E-state index is 12.2. The molecule has 1 amide bonds. The van der Waals surface area contributed by atoms with Crippen LogP contribution in [0, 0.1) is 0 Å². The van der Waals surface area contributed by atoms with Crippen LogP contribution in [-0.4, -0.2) is 31.1 Å². The van der Waals surface area contributed by atoms with Crippen molar-refractivity contribution in [2.75, 3.05) is 25.5 Å². The molecule has 2 aromatic carbocycles. The quantitative estimate of drug-likeness (QED) is 0.786. The summed E-state index contributed by atoms with van der Waals surface area (Å²) >= 11 is 0. The van der Waals surface area contributed by atoms with Gasteiger partial charge in [0.05, 0.1) is 0 Å². The molecule has 0 aliphatic heterocycles. The van der Waals surface area contributed by atoms with E-state index in [1.54, 1.807) is 0 Å². The minimum Gasteiger partial charge on any atom is -0.378 e. The van der Waals surface area contributed by atoms with Gasteiger partial charge in [-0.15, -0.1) is 0 Å². The average molecular weight is 307 g/mol. The van der Waals surface area contributed by atoms with Crippen LogP contribution in [0.5, 0.6) is 0 Å². The van der Waals surface area contributed by atoms with Gasteiger partial charge in [-0.25, -0.2) is 0 Å². The number of nitrogens with one attached hydrogen (secondary N) is 1. The second-order valence-electron chi connectivity index (χ2n) is 5.77. The first kappa shape index (κ1) is 15.2. The Morgan fingerprint density at radius 1 is 1.04 bits per heavy atom. The van der Waals surface area contributed by atoms with Gasteiger partial charge in [-0.05, 0) is 41.8 Å². The number of para-hydroxylation sites is 1. The smallest absolute Gasteiger partial charge is 0.251 e. The summed E-state index contributed by atoms with van der Waals surface area (Å²) in [4.78, 5) is 14.2. The first-order chi connectivity index (χ1) is 11.1. The van der Waals surface area contributed by atoms with E-state index in [1.807, 2.05) is 55.4 Å². The fourth-order valence-corrected chi connectivity index (χ4v) is 2.64. The molecular weight excluding hydrogens is 286 g/mol. The molecule has 0 radical (unpaired) electrons. The highest BCUT2D eigenvalue weighted by Gasteiger charge is 2.06. The van der Waals surface area contributed by atoms with E-state index in [0.29, 0.717) is 12.1 Å². The molecule has 0 bridgehead atoms. The van der Waals surface area contributed by atoms with Crippen molar-refractivity contribution in [3.8, 4) is 0 Å². The van der Waals surface area contributed by atoms with Crippen molar-refractivity contribution in [2.45, 2.75) is 6.54 Å². The third-order valence-corrected chi connectivity index (χ3v) is 3.96. The van der Waals surface area contributed by atoms with E-state index < -0.39 is 0 Å². The monoisotopic (exact) mass is 307 g/mol. The first-order valence-corrected chi connectivity index (χ1v) is 7.74. The minimum atomic E-state index is -0.0354. The predicted molar refractivity (Wildman–Crippen MR) is 95.0 cm³/mol. The molecule has 0 saturated carbocycles. The van der Waals surface area contributed by atoms with E-state index in [0.717, 1.165) is 12.2 Å². The highest BCUT2D eigenvalue weighted by Crippen LogP contribution is 2.15. The fourth-order valence-electron chi connectivity index (χ4n) is 2.64. The molecule has 23 heavy (non-hydrogen) atoms. The molecule has 4 nitrogen and oxygen atoms in total. The van der Waals surface area contributed by atoms with E-state index in [9.17, 15) is 4.79 Å². The van der Waals surface area contributed by atoms with Crippen molar-refractivity contribution in [2.24, 2.45) is 0 Å². The van der Waals surface area contributed by atoms with Gasteiger partial charge in [0.25, 0.3) is 5.91 Å². The summed E-state index contributed by atoms with van der Waals surface area (Å²) < 4.78 is 2.16. The molecule has 1 N–H and O–H groups in total. The van der Waals surface area contributed by atoms with Crippen molar-refractivity contribution >= 4 is 22.5 Å². The van der Waals surface area contributed by atoms with Crippen molar-refractivity contribution in [1.82, 2.24) is 9.88 Å². The maximum absolute atomic E-state index is 12.2. The van der Waals surface area contributed by atoms with E-state index >= 15 is 0 Å². The molecule has 4 heteroatoms. The molecule has 3 aromatic rings. The Balaban J connectivity index is 1.59. The van der Waals surface area contributed by atoms with E-state index in [-0.39, 0.29) is 5.91 Å². The highest BCUT2D eigenvalue weighted by molar-refractivity contribution is 5.94. The lowest BCUT2D eigenvalue weighted by molar-refractivity contribution is 0.0952. The van der Waals surface area contributed by atoms with Gasteiger partial charge >= 0.3 is 0 Å². The molecule has 118 valence electrons. The molecular formula is C19H21N3O. The number of carbonyl (C=O) groups excluding carboxylic acids is 1. The standard InChI is InChI=1S/C19H21N3O/c1-21(2)17-9-7-16(8-10-17)19(23)20-12-14-22-13-11-15-5-3-4-6-18(15)22/h3-11,13H,12,14H2,1-2H3,(H,20,23). The second-order valence-corrected chi connectivity index (χ2v) is 5.77. The van der Waals surface area contributed by atoms with Crippen molar-refractivity contribution in [3.05, 3.63) is 66.4 Å². The first-order valence-electron chi connectivity index (χ1n) is 7.74. The van der Waals surface area contributed by atoms with Gasteiger partial charge in [0.1, 0.15) is 0 Å². The number of anilines is 1. The molecule has 0 unspecified atom stereocenters. The summed E-state index contributed by atoms with van der Waals surface area (Å²) in [7, 11) is 3.97. The lowest BCUT2D eigenvalue weighted by atomic mass is 10.2. The van der Waals surface area contributed by atoms with Crippen LogP contribution >= 0.6 is 0 Å². The lowest BCUT2D eigenvalue weighted by Crippen LogP contribution is -2.27. The summed E-state index contributed by atoms with van der Waals surface area (Å²) in [5.41, 5.74) is 2.96. The highest BCUT2D eigenvalue weighted by atomic mass is 16.1. The number of carbonyl (C=O) groups is 1. The zero-order valence-corrected chi connectivity index (χ0v) is 13.5. The molecule has 0 atom stereocenters. The number of hydrogen-bond donors (Lipinski definition) is 1. The van der Waals surface area contributed by atoms with Crippen LogP contribution in [0.2, 0.25) is 0 Å². The fraction of sp³-hybridized carbons (Fsp3) is 0.211. The van der Waals surface area contributed by atoms with Crippen LogP contribution < -0.4 is 10.2 Å². The maximum Gasteiger partial charge on any atom is 0.251 e. The summed E-state index contributed by atoms with van der Waals surface area (Å²) in [5.74, 6) is -0.0354. The van der Waals surface area contributed by atoms with E-state index in [1.165, 1.54) is 10.9 Å². The molecule has 0 aliphatic rings. The van der Waals surface area contributed by atoms with Crippen LogP contribution in [0.15, 0.2) is 60.8 Å². The Hall–Kier alpha value is -2.75. The summed E-state index contributed by atoms with van der Waals surface area (Å²) in [6.45, 7) is 1.36. The zero-order valence-electron chi connectivity index (χ0n) is 13.5. The Labute approximate surface area is 136 Å². The molecule has 0 aliphatic carbocycles. The summed E-state index contributed by atoms with van der Waals surface area (Å²) in [5, 5.41) is 4.20. The van der Waals surface area contributed by atoms with Crippen LogP contribution in [0.25, 0.3) is 10.9 Å². The van der Waals surface area contributed by atoms with Gasteiger partial charge in [-0.3, -0.25) is 4.79 Å². The minimum absolute atomic E-state index is 0.0354. The number of amides is 1. The Bertz CT molecular complexity index is 803. The second kappa shape index (κ2) is 6.57. The van der Waals surface area contributed by atoms with Crippen LogP contribution in [0.1, 0.15) is 10.4 Å². The Morgan fingerprint density at radius 3 is 2.52 bits per heavy atom. The van der Waals surface area contributed by atoms with Gasteiger partial charge in [0.2, 0.25) is 0 Å². The van der Waals surface area contributed by atoms with Crippen LogP contribution in [-0.2, 0) is 6.54 Å². The Kier molecular flexibility index (Phi) is 4.33. The van der Waals surface area contributed by atoms with Gasteiger partial charge in [-0.2, -0.15) is 0 Å².